The molecule has 1 N–H and O–H groups in total. The normalized spacial score (nSPS) is 23.2. The molecule has 1 rings (SSSR count). The highest BCUT2D eigenvalue weighted by molar-refractivity contribution is 4.77. The highest BCUT2D eigenvalue weighted by atomic mass is 19.4. The topological polar surface area (TPSA) is 15.3 Å². The summed E-state index contributed by atoms with van der Waals surface area (Å²) in [5.41, 5.74) is 0. The van der Waals surface area contributed by atoms with E-state index in [1.54, 1.807) is 0 Å². The van der Waals surface area contributed by atoms with E-state index in [9.17, 15) is 13.2 Å². The molecule has 5 heteroatoms. The second kappa shape index (κ2) is 7.34. The van der Waals surface area contributed by atoms with Gasteiger partial charge in [0.2, 0.25) is 0 Å². The van der Waals surface area contributed by atoms with Gasteiger partial charge in [-0.1, -0.05) is 19.3 Å². The van der Waals surface area contributed by atoms with Gasteiger partial charge >= 0.3 is 6.18 Å². The molecular weight excluding hydrogens is 241 g/mol. The maximum absolute atomic E-state index is 12.5. The van der Waals surface area contributed by atoms with Crippen molar-refractivity contribution in [3.05, 3.63) is 0 Å². The fourth-order valence-electron chi connectivity index (χ4n) is 2.40. The molecule has 0 amide bonds. The van der Waals surface area contributed by atoms with Crippen molar-refractivity contribution in [1.29, 1.82) is 0 Å². The van der Waals surface area contributed by atoms with Gasteiger partial charge in [0.25, 0.3) is 0 Å². The molecular formula is C13H25F3N2. The van der Waals surface area contributed by atoms with Crippen molar-refractivity contribution in [2.75, 3.05) is 19.6 Å². The maximum Gasteiger partial charge on any atom is 0.401 e. The summed E-state index contributed by atoms with van der Waals surface area (Å²) in [6.07, 6.45) is 1.58. The van der Waals surface area contributed by atoms with Gasteiger partial charge in [-0.2, -0.15) is 13.2 Å². The lowest BCUT2D eigenvalue weighted by atomic mass is 10.0. The number of halogens is 3. The molecule has 108 valence electrons. The average molecular weight is 266 g/mol. The predicted molar refractivity (Wildman–Crippen MR) is 67.6 cm³/mol. The van der Waals surface area contributed by atoms with Crippen LogP contribution in [-0.2, 0) is 0 Å². The lowest BCUT2D eigenvalue weighted by molar-refractivity contribution is -0.150. The van der Waals surface area contributed by atoms with Crippen LogP contribution in [0.25, 0.3) is 0 Å². The first kappa shape index (κ1) is 15.8. The Hall–Kier alpha value is -0.290. The van der Waals surface area contributed by atoms with Gasteiger partial charge in [0.1, 0.15) is 0 Å². The van der Waals surface area contributed by atoms with Gasteiger partial charge in [0.05, 0.1) is 6.54 Å². The summed E-state index contributed by atoms with van der Waals surface area (Å²) in [4.78, 5) is 1.53. The van der Waals surface area contributed by atoms with E-state index < -0.39 is 12.7 Å². The fourth-order valence-corrected chi connectivity index (χ4v) is 2.40. The Morgan fingerprint density at radius 2 is 1.83 bits per heavy atom. The molecule has 1 saturated heterocycles. The van der Waals surface area contributed by atoms with Crippen molar-refractivity contribution in [2.45, 2.75) is 64.2 Å². The molecule has 1 heterocycles. The second-order valence-corrected chi connectivity index (χ2v) is 5.49. The Balaban J connectivity index is 2.47. The molecule has 0 aromatic rings. The molecule has 1 atom stereocenters. The first-order valence-corrected chi connectivity index (χ1v) is 6.92. The Labute approximate surface area is 108 Å². The Morgan fingerprint density at radius 3 is 2.44 bits per heavy atom. The molecule has 0 spiro atoms. The van der Waals surface area contributed by atoms with Crippen LogP contribution in [0.15, 0.2) is 0 Å². The van der Waals surface area contributed by atoms with Crippen molar-refractivity contribution in [1.82, 2.24) is 10.2 Å². The molecule has 0 aliphatic carbocycles. The molecule has 0 aromatic heterocycles. The minimum atomic E-state index is -4.11. The van der Waals surface area contributed by atoms with Gasteiger partial charge in [-0.3, -0.25) is 4.90 Å². The van der Waals surface area contributed by atoms with Crippen molar-refractivity contribution < 1.29 is 13.2 Å². The summed E-state index contributed by atoms with van der Waals surface area (Å²) >= 11 is 0. The van der Waals surface area contributed by atoms with E-state index in [4.69, 9.17) is 0 Å². The Morgan fingerprint density at radius 1 is 1.17 bits per heavy atom. The third kappa shape index (κ3) is 6.59. The zero-order chi connectivity index (χ0) is 13.6. The Bertz CT molecular complexity index is 221. The van der Waals surface area contributed by atoms with Gasteiger partial charge in [0, 0.05) is 18.6 Å². The number of rotatable bonds is 4. The van der Waals surface area contributed by atoms with Crippen molar-refractivity contribution >= 4 is 0 Å². The van der Waals surface area contributed by atoms with Crippen LogP contribution in [0.2, 0.25) is 0 Å². The molecule has 1 unspecified atom stereocenters. The zero-order valence-electron chi connectivity index (χ0n) is 11.4. The third-order valence-corrected chi connectivity index (χ3v) is 3.48. The van der Waals surface area contributed by atoms with Crippen LogP contribution in [0.1, 0.15) is 46.0 Å². The number of nitrogens with zero attached hydrogens (tertiary/aromatic N) is 1. The van der Waals surface area contributed by atoms with Crippen LogP contribution >= 0.6 is 0 Å². The number of alkyl halides is 3. The van der Waals surface area contributed by atoms with E-state index in [2.05, 4.69) is 5.32 Å². The van der Waals surface area contributed by atoms with E-state index >= 15 is 0 Å². The summed E-state index contributed by atoms with van der Waals surface area (Å²) < 4.78 is 37.5. The van der Waals surface area contributed by atoms with Crippen LogP contribution in [0, 0.1) is 0 Å². The lowest BCUT2D eigenvalue weighted by Gasteiger charge is -2.32. The molecule has 18 heavy (non-hydrogen) atoms. The third-order valence-electron chi connectivity index (χ3n) is 3.48. The minimum Gasteiger partial charge on any atom is -0.313 e. The van der Waals surface area contributed by atoms with E-state index in [-0.39, 0.29) is 12.1 Å². The fraction of sp³-hybridized carbons (Fsp3) is 1.00. The smallest absolute Gasteiger partial charge is 0.313 e. The van der Waals surface area contributed by atoms with Crippen LogP contribution < -0.4 is 5.32 Å². The monoisotopic (exact) mass is 266 g/mol. The van der Waals surface area contributed by atoms with Gasteiger partial charge in [-0.15, -0.1) is 0 Å². The molecule has 0 radical (unpaired) electrons. The average Bonchev–Trinajstić information content (AvgIpc) is 2.18. The predicted octanol–water partition coefficient (Wildman–Crippen LogP) is 3.18. The van der Waals surface area contributed by atoms with E-state index in [1.165, 1.54) is 17.7 Å². The van der Waals surface area contributed by atoms with E-state index in [0.29, 0.717) is 6.54 Å². The minimum absolute atomic E-state index is 0.0705. The summed E-state index contributed by atoms with van der Waals surface area (Å²) in [6, 6.07) is 0.133. The molecule has 1 aliphatic rings. The van der Waals surface area contributed by atoms with Crippen LogP contribution in [-0.4, -0.2) is 42.8 Å². The second-order valence-electron chi connectivity index (χ2n) is 5.49. The molecule has 0 saturated carbocycles. The number of hydrogen-bond acceptors (Lipinski definition) is 2. The Kier molecular flexibility index (Phi) is 6.43. The van der Waals surface area contributed by atoms with Gasteiger partial charge in [0.15, 0.2) is 0 Å². The van der Waals surface area contributed by atoms with Crippen LogP contribution in [0.3, 0.4) is 0 Å². The van der Waals surface area contributed by atoms with E-state index in [1.807, 2.05) is 13.8 Å². The molecule has 1 fully saturated rings. The number of nitrogens with one attached hydrogen (secondary N) is 1. The standard InChI is InChI=1S/C13H25F3N2/c1-11(2)18(10-13(14,15)16)9-12-7-5-3-4-6-8-17-12/h11-12,17H,3-10H2,1-2H3. The first-order valence-electron chi connectivity index (χ1n) is 6.92. The molecule has 1 aliphatic heterocycles. The summed E-state index contributed by atoms with van der Waals surface area (Å²) in [5, 5.41) is 3.38. The van der Waals surface area contributed by atoms with E-state index in [0.717, 1.165) is 25.8 Å². The van der Waals surface area contributed by atoms with Crippen molar-refractivity contribution in [2.24, 2.45) is 0 Å². The lowest BCUT2D eigenvalue weighted by Crippen LogP contribution is -2.47. The van der Waals surface area contributed by atoms with Crippen molar-refractivity contribution in [3.63, 3.8) is 0 Å². The quantitative estimate of drug-likeness (QED) is 0.840. The molecule has 0 aromatic carbocycles. The molecule has 2 nitrogen and oxygen atoms in total. The zero-order valence-corrected chi connectivity index (χ0v) is 11.4. The van der Waals surface area contributed by atoms with Crippen LogP contribution in [0.4, 0.5) is 13.2 Å². The van der Waals surface area contributed by atoms with Crippen molar-refractivity contribution in [3.8, 4) is 0 Å². The summed E-state index contributed by atoms with van der Waals surface area (Å²) in [5.74, 6) is 0. The van der Waals surface area contributed by atoms with Gasteiger partial charge < -0.3 is 5.32 Å². The SMILES string of the molecule is CC(C)N(CC1CCCCCCN1)CC(F)(F)F. The van der Waals surface area contributed by atoms with Gasteiger partial charge in [-0.25, -0.2) is 0 Å². The highest BCUT2D eigenvalue weighted by Gasteiger charge is 2.32. The highest BCUT2D eigenvalue weighted by Crippen LogP contribution is 2.19. The van der Waals surface area contributed by atoms with Gasteiger partial charge in [-0.05, 0) is 33.2 Å². The summed E-state index contributed by atoms with van der Waals surface area (Å²) in [7, 11) is 0. The maximum atomic E-state index is 12.5. The largest absolute Gasteiger partial charge is 0.401 e. The summed E-state index contributed by atoms with van der Waals surface area (Å²) in [6.45, 7) is 4.28. The molecule has 0 bridgehead atoms. The number of hydrogen-bond donors (Lipinski definition) is 1. The van der Waals surface area contributed by atoms with Crippen LogP contribution in [0.5, 0.6) is 0 Å². The first-order chi connectivity index (χ1) is 8.38.